The van der Waals surface area contributed by atoms with Gasteiger partial charge in [0.2, 0.25) is 0 Å². The Kier molecular flexibility index (Phi) is 5.14. The first-order valence-electron chi connectivity index (χ1n) is 8.82. The van der Waals surface area contributed by atoms with E-state index in [4.69, 9.17) is 11.2 Å². The maximum atomic E-state index is 12.6. The Morgan fingerprint density at radius 1 is 1.36 bits per heavy atom. The molecular formula is C20H26NO4+. The molecule has 2 heterocycles. The molecule has 0 amide bonds. The molecule has 2 aliphatic rings. The van der Waals surface area contributed by atoms with Crippen molar-refractivity contribution in [2.75, 3.05) is 20.2 Å². The van der Waals surface area contributed by atoms with E-state index in [1.165, 1.54) is 0 Å². The molecular weight excluding hydrogens is 318 g/mol. The second kappa shape index (κ2) is 7.17. The molecule has 0 spiro atoms. The molecule has 0 saturated carbocycles. The normalized spacial score (nSPS) is 35.0. The summed E-state index contributed by atoms with van der Waals surface area (Å²) in [6, 6.07) is 9.38. The fourth-order valence-electron chi connectivity index (χ4n) is 4.53. The number of aliphatic hydroxyl groups excluding tert-OH is 2. The van der Waals surface area contributed by atoms with E-state index in [1.807, 2.05) is 30.3 Å². The molecule has 3 rings (SSSR count). The van der Waals surface area contributed by atoms with Crippen LogP contribution in [0.1, 0.15) is 30.7 Å². The van der Waals surface area contributed by atoms with Gasteiger partial charge >= 0.3 is 5.97 Å². The molecule has 2 bridgehead atoms. The van der Waals surface area contributed by atoms with Gasteiger partial charge in [0.1, 0.15) is 30.7 Å². The third-order valence-electron chi connectivity index (χ3n) is 5.97. The summed E-state index contributed by atoms with van der Waals surface area (Å²) in [5.41, 5.74) is 0.752. The average molecular weight is 344 g/mol. The molecule has 2 aliphatic heterocycles. The highest BCUT2D eigenvalue weighted by molar-refractivity contribution is 5.78. The lowest BCUT2D eigenvalue weighted by atomic mass is 9.95. The molecule has 2 saturated heterocycles. The zero-order chi connectivity index (χ0) is 18.0. The van der Waals surface area contributed by atoms with Crippen molar-refractivity contribution in [2.24, 2.45) is 0 Å². The SMILES string of the molecule is C#CC[N@+]1(C)[C@H]2C[C@H](OC(=O)[C@H](CO)c3ccccc3)C[C@H]1[C@H](O)C2. The molecule has 134 valence electrons. The Hall–Kier alpha value is -1.87. The van der Waals surface area contributed by atoms with Gasteiger partial charge in [0.05, 0.1) is 19.7 Å². The largest absolute Gasteiger partial charge is 0.461 e. The Morgan fingerprint density at radius 3 is 2.68 bits per heavy atom. The maximum Gasteiger partial charge on any atom is 0.316 e. The van der Waals surface area contributed by atoms with Crippen LogP contribution >= 0.6 is 0 Å². The molecule has 1 aromatic rings. The smallest absolute Gasteiger partial charge is 0.316 e. The molecule has 2 N–H and O–H groups in total. The van der Waals surface area contributed by atoms with Gasteiger partial charge in [-0.3, -0.25) is 4.79 Å². The predicted molar refractivity (Wildman–Crippen MR) is 93.5 cm³/mol. The van der Waals surface area contributed by atoms with Crippen LogP contribution in [0.4, 0.5) is 0 Å². The van der Waals surface area contributed by atoms with Crippen LogP contribution < -0.4 is 0 Å². The van der Waals surface area contributed by atoms with E-state index in [-0.39, 0.29) is 24.8 Å². The van der Waals surface area contributed by atoms with Crippen molar-refractivity contribution in [1.82, 2.24) is 0 Å². The molecule has 0 aliphatic carbocycles. The number of quaternary nitrogens is 1. The molecule has 0 aromatic heterocycles. The molecule has 6 atom stereocenters. The Bertz CT molecular complexity index is 655. The number of piperidine rings is 1. The summed E-state index contributed by atoms with van der Waals surface area (Å²) in [5, 5.41) is 20.0. The number of nitrogens with zero attached hydrogens (tertiary/aromatic N) is 1. The summed E-state index contributed by atoms with van der Waals surface area (Å²) in [7, 11) is 2.09. The predicted octanol–water partition coefficient (Wildman–Crippen LogP) is 1.05. The summed E-state index contributed by atoms with van der Waals surface area (Å²) in [5.74, 6) is 1.65. The summed E-state index contributed by atoms with van der Waals surface area (Å²) in [6.07, 6.45) is 6.87. The fraction of sp³-hybridized carbons (Fsp3) is 0.550. The Labute approximate surface area is 148 Å². The first-order chi connectivity index (χ1) is 12.0. The highest BCUT2D eigenvalue weighted by Crippen LogP contribution is 2.42. The molecule has 25 heavy (non-hydrogen) atoms. The average Bonchev–Trinajstić information content (AvgIpc) is 2.72. The van der Waals surface area contributed by atoms with Crippen molar-refractivity contribution >= 4 is 5.97 Å². The first-order valence-corrected chi connectivity index (χ1v) is 8.82. The van der Waals surface area contributed by atoms with E-state index in [1.54, 1.807) is 0 Å². The van der Waals surface area contributed by atoms with Crippen molar-refractivity contribution < 1.29 is 24.2 Å². The number of likely N-dealkylation sites (N-methyl/N-ethyl adjacent to an activating group) is 1. The van der Waals surface area contributed by atoms with E-state index >= 15 is 0 Å². The van der Waals surface area contributed by atoms with E-state index < -0.39 is 18.0 Å². The minimum Gasteiger partial charge on any atom is -0.461 e. The van der Waals surface area contributed by atoms with E-state index in [9.17, 15) is 15.0 Å². The number of aliphatic hydroxyl groups is 2. The minimum atomic E-state index is -0.669. The van der Waals surface area contributed by atoms with Crippen LogP contribution in [0.3, 0.4) is 0 Å². The Morgan fingerprint density at radius 2 is 2.08 bits per heavy atom. The molecule has 0 radical (unpaired) electrons. The lowest BCUT2D eigenvalue weighted by Crippen LogP contribution is -2.60. The molecule has 5 heteroatoms. The minimum absolute atomic E-state index is 0.00287. The van der Waals surface area contributed by atoms with Crippen LogP contribution in [0.2, 0.25) is 0 Å². The van der Waals surface area contributed by atoms with Crippen LogP contribution in [-0.2, 0) is 9.53 Å². The summed E-state index contributed by atoms with van der Waals surface area (Å²) in [6.45, 7) is 0.298. The zero-order valence-corrected chi connectivity index (χ0v) is 14.5. The van der Waals surface area contributed by atoms with E-state index in [0.29, 0.717) is 30.3 Å². The van der Waals surface area contributed by atoms with E-state index in [2.05, 4.69) is 13.0 Å². The number of ether oxygens (including phenoxy) is 1. The maximum absolute atomic E-state index is 12.6. The third kappa shape index (κ3) is 3.30. The van der Waals surface area contributed by atoms with Gasteiger partial charge in [-0.15, -0.1) is 6.42 Å². The summed E-state index contributed by atoms with van der Waals surface area (Å²) >= 11 is 0. The number of terminal acetylenes is 1. The number of esters is 1. The van der Waals surface area contributed by atoms with Crippen molar-refractivity contribution in [3.8, 4) is 12.3 Å². The van der Waals surface area contributed by atoms with Gasteiger partial charge in [-0.1, -0.05) is 30.3 Å². The highest BCUT2D eigenvalue weighted by Gasteiger charge is 2.56. The molecule has 1 aromatic carbocycles. The number of carbonyl (C=O) groups is 1. The lowest BCUT2D eigenvalue weighted by molar-refractivity contribution is -0.944. The quantitative estimate of drug-likeness (QED) is 0.476. The van der Waals surface area contributed by atoms with Gasteiger partial charge in [-0.25, -0.2) is 0 Å². The van der Waals surface area contributed by atoms with Crippen molar-refractivity contribution in [1.29, 1.82) is 0 Å². The number of hydrogen-bond acceptors (Lipinski definition) is 4. The zero-order valence-electron chi connectivity index (χ0n) is 14.5. The van der Waals surface area contributed by atoms with Gasteiger partial charge in [0.25, 0.3) is 0 Å². The number of carbonyl (C=O) groups excluding carboxylic acids is 1. The van der Waals surface area contributed by atoms with Gasteiger partial charge in [0, 0.05) is 19.3 Å². The molecule has 0 unspecified atom stereocenters. The van der Waals surface area contributed by atoms with Crippen molar-refractivity contribution in [3.63, 3.8) is 0 Å². The fourth-order valence-corrected chi connectivity index (χ4v) is 4.53. The number of hydrogen-bond donors (Lipinski definition) is 2. The number of benzene rings is 1. The molecule has 5 nitrogen and oxygen atoms in total. The van der Waals surface area contributed by atoms with Gasteiger partial charge in [-0.2, -0.15) is 0 Å². The monoisotopic (exact) mass is 344 g/mol. The van der Waals surface area contributed by atoms with Gasteiger partial charge in [0.15, 0.2) is 0 Å². The number of fused-ring (bicyclic) bond motifs is 2. The second-order valence-corrected chi connectivity index (χ2v) is 7.41. The van der Waals surface area contributed by atoms with Crippen molar-refractivity contribution in [2.45, 2.75) is 49.5 Å². The van der Waals surface area contributed by atoms with Gasteiger partial charge in [-0.05, 0) is 11.5 Å². The Balaban J connectivity index is 1.69. The van der Waals surface area contributed by atoms with Gasteiger partial charge < -0.3 is 19.4 Å². The summed E-state index contributed by atoms with van der Waals surface area (Å²) in [4.78, 5) is 12.6. The van der Waals surface area contributed by atoms with Crippen LogP contribution in [0.5, 0.6) is 0 Å². The number of rotatable bonds is 5. The van der Waals surface area contributed by atoms with Crippen molar-refractivity contribution in [3.05, 3.63) is 35.9 Å². The summed E-state index contributed by atoms with van der Waals surface area (Å²) < 4.78 is 6.39. The standard InChI is InChI=1S/C20H26NO4/c1-3-9-21(2)15-10-16(12-18(21)19(23)11-15)25-20(24)17(13-22)14-7-5-4-6-8-14/h1,4-8,15-19,22-23H,9-13H2,2H3/q+1/t15-,16-,17+,18-,19+,21+/m0/s1. The second-order valence-electron chi connectivity index (χ2n) is 7.41. The first kappa shape index (κ1) is 17.9. The van der Waals surface area contributed by atoms with Crippen LogP contribution in [0, 0.1) is 12.3 Å². The van der Waals surface area contributed by atoms with Crippen LogP contribution in [0.15, 0.2) is 30.3 Å². The van der Waals surface area contributed by atoms with Crippen LogP contribution in [-0.4, -0.2) is 65.2 Å². The van der Waals surface area contributed by atoms with E-state index in [0.717, 1.165) is 5.56 Å². The van der Waals surface area contributed by atoms with Crippen LogP contribution in [0.25, 0.3) is 0 Å². The lowest BCUT2D eigenvalue weighted by Gasteiger charge is -2.45. The third-order valence-corrected chi connectivity index (χ3v) is 5.97. The topological polar surface area (TPSA) is 66.8 Å². The highest BCUT2D eigenvalue weighted by atomic mass is 16.5. The molecule has 2 fully saturated rings.